The van der Waals surface area contributed by atoms with Gasteiger partial charge in [0.15, 0.2) is 6.10 Å². The first kappa shape index (κ1) is 93.9. The second kappa shape index (κ2) is 81.9. The van der Waals surface area contributed by atoms with Crippen LogP contribution in [0.3, 0.4) is 0 Å². The minimum Gasteiger partial charge on any atom is -0.462 e. The van der Waals surface area contributed by atoms with Crippen LogP contribution in [0.15, 0.2) is 97.2 Å². The number of esters is 2. The smallest absolute Gasteiger partial charge is 0.462 e. The zero-order valence-electron chi connectivity index (χ0n) is 63.8. The first-order valence-corrected chi connectivity index (χ1v) is 43.2. The molecular weight excluding hydrogens is 1220 g/mol. The minimum atomic E-state index is -4.40. The molecule has 0 aliphatic rings. The van der Waals surface area contributed by atoms with E-state index in [2.05, 4.69) is 111 Å². The molecule has 564 valence electrons. The van der Waals surface area contributed by atoms with Crippen LogP contribution in [-0.4, -0.2) is 49.3 Å². The van der Waals surface area contributed by atoms with Gasteiger partial charge in [0, 0.05) is 19.4 Å². The summed E-state index contributed by atoms with van der Waals surface area (Å²) in [6, 6.07) is 0. The van der Waals surface area contributed by atoms with Gasteiger partial charge < -0.3 is 20.1 Å². The van der Waals surface area contributed by atoms with Crippen LogP contribution in [0.4, 0.5) is 0 Å². The van der Waals surface area contributed by atoms with Gasteiger partial charge in [-0.05, 0) is 77.0 Å². The molecule has 0 amide bonds. The Kier molecular flexibility index (Phi) is 79.3. The Morgan fingerprint density at radius 3 is 0.845 bits per heavy atom. The number of rotatable bonds is 79. The Bertz CT molecular complexity index is 1920. The fourth-order valence-corrected chi connectivity index (χ4v) is 13.1. The molecule has 0 spiro atoms. The van der Waals surface area contributed by atoms with Crippen LogP contribution in [0.25, 0.3) is 0 Å². The number of nitrogens with two attached hydrogens (primary N) is 1. The summed E-state index contributed by atoms with van der Waals surface area (Å²) in [6.45, 7) is 3.69. The maximum atomic E-state index is 12.8. The molecule has 2 unspecified atom stereocenters. The van der Waals surface area contributed by atoms with Crippen LogP contribution in [-0.2, 0) is 32.7 Å². The number of allylic oxidation sites excluding steroid dienone is 16. The Morgan fingerprint density at radius 1 is 0.320 bits per heavy atom. The molecule has 0 aliphatic heterocycles. The second-order valence-corrected chi connectivity index (χ2v) is 29.4. The van der Waals surface area contributed by atoms with E-state index >= 15 is 0 Å². The van der Waals surface area contributed by atoms with Crippen molar-refractivity contribution in [2.24, 2.45) is 5.73 Å². The second-order valence-electron chi connectivity index (χ2n) is 28.0. The summed E-state index contributed by atoms with van der Waals surface area (Å²) in [7, 11) is -4.40. The molecule has 0 aromatic heterocycles. The van der Waals surface area contributed by atoms with E-state index in [0.717, 1.165) is 89.9 Å². The quantitative estimate of drug-likeness (QED) is 0.0264. The summed E-state index contributed by atoms with van der Waals surface area (Å²) in [6.07, 6.45) is 113. The van der Waals surface area contributed by atoms with Gasteiger partial charge in [0.2, 0.25) is 0 Å². The lowest BCUT2D eigenvalue weighted by molar-refractivity contribution is -0.161. The predicted octanol–water partition coefficient (Wildman–Crippen LogP) is 28.2. The third-order valence-electron chi connectivity index (χ3n) is 18.5. The molecule has 0 aromatic carbocycles. The number of phosphoric acid groups is 1. The van der Waals surface area contributed by atoms with Crippen molar-refractivity contribution in [3.05, 3.63) is 97.2 Å². The van der Waals surface area contributed by atoms with Crippen molar-refractivity contribution >= 4 is 19.8 Å². The van der Waals surface area contributed by atoms with Crippen molar-refractivity contribution in [1.82, 2.24) is 0 Å². The molecule has 10 heteroatoms. The van der Waals surface area contributed by atoms with E-state index in [-0.39, 0.29) is 38.6 Å². The summed E-state index contributed by atoms with van der Waals surface area (Å²) in [5.74, 6) is -0.811. The van der Waals surface area contributed by atoms with E-state index in [1.165, 1.54) is 289 Å². The van der Waals surface area contributed by atoms with Gasteiger partial charge in [-0.3, -0.25) is 18.6 Å². The summed E-state index contributed by atoms with van der Waals surface area (Å²) in [5, 5.41) is 0. The summed E-state index contributed by atoms with van der Waals surface area (Å²) in [5.41, 5.74) is 5.42. The number of ether oxygens (including phenoxy) is 2. The first-order chi connectivity index (χ1) is 47.8. The molecule has 0 radical (unpaired) electrons. The number of carbonyl (C=O) groups is 2. The lowest BCUT2D eigenvalue weighted by Crippen LogP contribution is -2.29. The number of hydrogen-bond donors (Lipinski definition) is 2. The lowest BCUT2D eigenvalue weighted by atomic mass is 10.0. The molecule has 9 nitrogen and oxygen atoms in total. The van der Waals surface area contributed by atoms with Crippen molar-refractivity contribution in [3.63, 3.8) is 0 Å². The van der Waals surface area contributed by atoms with Crippen LogP contribution >= 0.6 is 7.82 Å². The van der Waals surface area contributed by atoms with Crippen molar-refractivity contribution in [2.45, 2.75) is 418 Å². The van der Waals surface area contributed by atoms with Gasteiger partial charge in [0.25, 0.3) is 0 Å². The van der Waals surface area contributed by atoms with E-state index < -0.39 is 26.5 Å². The van der Waals surface area contributed by atoms with Crippen LogP contribution < -0.4 is 5.73 Å². The van der Waals surface area contributed by atoms with Gasteiger partial charge in [-0.25, -0.2) is 4.57 Å². The van der Waals surface area contributed by atoms with E-state index in [9.17, 15) is 19.0 Å². The molecule has 97 heavy (non-hydrogen) atoms. The molecule has 0 bridgehead atoms. The van der Waals surface area contributed by atoms with Gasteiger partial charge in [0.05, 0.1) is 13.2 Å². The average molecular weight is 1380 g/mol. The lowest BCUT2D eigenvalue weighted by Gasteiger charge is -2.19. The maximum absolute atomic E-state index is 12.8. The molecular formula is C87H158NO8P. The van der Waals surface area contributed by atoms with Crippen LogP contribution in [0.5, 0.6) is 0 Å². The highest BCUT2D eigenvalue weighted by atomic mass is 31.2. The van der Waals surface area contributed by atoms with E-state index in [1.807, 2.05) is 0 Å². The number of phosphoric ester groups is 1. The highest BCUT2D eigenvalue weighted by Gasteiger charge is 2.26. The first-order valence-electron chi connectivity index (χ1n) is 41.7. The van der Waals surface area contributed by atoms with Crippen molar-refractivity contribution in [1.29, 1.82) is 0 Å². The van der Waals surface area contributed by atoms with Crippen molar-refractivity contribution in [3.8, 4) is 0 Å². The van der Waals surface area contributed by atoms with Gasteiger partial charge in [-0.2, -0.15) is 0 Å². The molecule has 0 aromatic rings. The molecule has 3 N–H and O–H groups in total. The minimum absolute atomic E-state index is 0.0525. The van der Waals surface area contributed by atoms with Gasteiger partial charge in [-0.1, -0.05) is 419 Å². The maximum Gasteiger partial charge on any atom is 0.472 e. The summed E-state index contributed by atoms with van der Waals surface area (Å²) < 4.78 is 33.3. The van der Waals surface area contributed by atoms with Crippen molar-refractivity contribution in [2.75, 3.05) is 26.4 Å². The number of carbonyl (C=O) groups excluding carboxylic acids is 2. The predicted molar refractivity (Wildman–Crippen MR) is 422 cm³/mol. The van der Waals surface area contributed by atoms with E-state index in [4.69, 9.17) is 24.3 Å². The van der Waals surface area contributed by atoms with Crippen LogP contribution in [0.2, 0.25) is 0 Å². The van der Waals surface area contributed by atoms with Crippen LogP contribution in [0.1, 0.15) is 412 Å². The molecule has 0 rings (SSSR count). The SMILES string of the molecule is CC/C=C\C/C=C\C/C=C\C/C=C\C/C=C\C/C=C\C/C=C\C/C=C\CCCCCCCCCCCCCCCCC(=O)OC(COC(=O)CCCCCCCCCCCCCCCCCCCCCCCCCCCCCCCCCCCCCCC)COP(=O)(O)OCCN. The molecule has 2 atom stereocenters. The van der Waals surface area contributed by atoms with E-state index in [0.29, 0.717) is 6.42 Å². The Morgan fingerprint density at radius 2 is 0.567 bits per heavy atom. The van der Waals surface area contributed by atoms with Crippen LogP contribution in [0, 0.1) is 0 Å². The standard InChI is InChI=1S/C87H158NO8P/c1-3-5-7-9-11-13-15-17-19-21-23-25-27-29-31-33-35-37-39-41-42-44-46-48-50-52-54-56-58-60-62-64-66-68-70-72-74-76-78-80-87(90)96-85(84-95-97(91,92)94-82-81-88)83-93-86(89)79-77-75-73-71-69-67-65-63-61-59-57-55-53-51-49-47-45-43-40-38-36-34-32-30-28-26-24-22-20-18-16-14-12-10-8-6-4-2/h5,7,11,13,17,19,23,25,29,31,35,37,41-42,46,48,85H,3-4,6,8-10,12,14-16,18,20-22,24,26-28,30,32-34,36,38-40,43-45,47,49-84,88H2,1-2H3,(H,91,92)/b7-5-,13-11-,19-17-,25-23-,31-29-,37-35-,42-41-,48-46-. The highest BCUT2D eigenvalue weighted by Crippen LogP contribution is 2.43. The average Bonchev–Trinajstić information content (AvgIpc) is 2.88. The van der Waals surface area contributed by atoms with Gasteiger partial charge in [0.1, 0.15) is 6.61 Å². The highest BCUT2D eigenvalue weighted by molar-refractivity contribution is 7.47. The number of hydrogen-bond acceptors (Lipinski definition) is 8. The fraction of sp³-hybridized carbons (Fsp3) is 0.793. The zero-order valence-corrected chi connectivity index (χ0v) is 64.7. The zero-order chi connectivity index (χ0) is 70.0. The molecule has 0 fully saturated rings. The Balaban J connectivity index is 3.79. The molecule has 0 saturated carbocycles. The van der Waals surface area contributed by atoms with Gasteiger partial charge in [-0.15, -0.1) is 0 Å². The summed E-state index contributed by atoms with van der Waals surface area (Å²) >= 11 is 0. The molecule has 0 heterocycles. The number of unbranched alkanes of at least 4 members (excludes halogenated alkanes) is 50. The fourth-order valence-electron chi connectivity index (χ4n) is 12.4. The third kappa shape index (κ3) is 81.8. The third-order valence-corrected chi connectivity index (χ3v) is 19.5. The molecule has 0 aliphatic carbocycles. The monoisotopic (exact) mass is 1380 g/mol. The van der Waals surface area contributed by atoms with Gasteiger partial charge >= 0.3 is 19.8 Å². The Labute approximate surface area is 601 Å². The van der Waals surface area contributed by atoms with Crippen molar-refractivity contribution < 1.29 is 37.6 Å². The Hall–Kier alpha value is -3.07. The largest absolute Gasteiger partial charge is 0.472 e. The topological polar surface area (TPSA) is 134 Å². The molecule has 0 saturated heterocycles. The normalized spacial score (nSPS) is 13.3. The summed E-state index contributed by atoms with van der Waals surface area (Å²) in [4.78, 5) is 35.5. The van der Waals surface area contributed by atoms with E-state index in [1.54, 1.807) is 0 Å².